The quantitative estimate of drug-likeness (QED) is 0.266. The van der Waals surface area contributed by atoms with Gasteiger partial charge in [-0.25, -0.2) is 4.79 Å². The molecule has 0 aromatic heterocycles. The first-order chi connectivity index (χ1) is 9.56. The first kappa shape index (κ1) is 20.3. The standard InChI is InChI=1S/C15H30O5Si/c1-9-11-21(18-12(3)4,19-13(5)6)20-15(7,8)17-14(16)10-2/h10,12-13H,2,9,11H2,1,3-8H3. The maximum atomic E-state index is 11.4. The Balaban J connectivity index is 5.24. The summed E-state index contributed by atoms with van der Waals surface area (Å²) in [6, 6.07) is 0.665. The van der Waals surface area contributed by atoms with Crippen molar-refractivity contribution in [3.63, 3.8) is 0 Å². The number of carbonyl (C=O) groups is 1. The largest absolute Gasteiger partial charge is 0.504 e. The number of rotatable bonds is 10. The normalized spacial score (nSPS) is 12.8. The van der Waals surface area contributed by atoms with Gasteiger partial charge in [-0.2, -0.15) is 0 Å². The van der Waals surface area contributed by atoms with Gasteiger partial charge in [0.15, 0.2) is 0 Å². The van der Waals surface area contributed by atoms with Crippen LogP contribution in [0.15, 0.2) is 12.7 Å². The lowest BCUT2D eigenvalue weighted by molar-refractivity contribution is -0.196. The van der Waals surface area contributed by atoms with Crippen LogP contribution in [-0.2, 0) is 22.8 Å². The van der Waals surface area contributed by atoms with Gasteiger partial charge in [0.1, 0.15) is 0 Å². The predicted octanol–water partition coefficient (Wildman–Crippen LogP) is 3.67. The fourth-order valence-corrected chi connectivity index (χ4v) is 5.28. The Morgan fingerprint density at radius 2 is 1.67 bits per heavy atom. The van der Waals surface area contributed by atoms with Crippen LogP contribution in [-0.4, -0.2) is 32.8 Å². The monoisotopic (exact) mass is 318 g/mol. The van der Waals surface area contributed by atoms with Crippen LogP contribution >= 0.6 is 0 Å². The Morgan fingerprint density at radius 1 is 1.19 bits per heavy atom. The molecule has 0 saturated carbocycles. The van der Waals surface area contributed by atoms with E-state index in [0.29, 0.717) is 6.04 Å². The average molecular weight is 318 g/mol. The molecule has 0 fully saturated rings. The molecule has 0 aromatic rings. The minimum Gasteiger partial charge on any atom is -0.431 e. The van der Waals surface area contributed by atoms with Crippen LogP contribution < -0.4 is 0 Å². The van der Waals surface area contributed by atoms with Gasteiger partial charge in [-0.15, -0.1) is 0 Å². The number of hydrogen-bond acceptors (Lipinski definition) is 5. The molecule has 21 heavy (non-hydrogen) atoms. The van der Waals surface area contributed by atoms with Crippen LogP contribution in [0.4, 0.5) is 0 Å². The van der Waals surface area contributed by atoms with Crippen molar-refractivity contribution in [1.29, 1.82) is 0 Å². The number of carbonyl (C=O) groups excluding carboxylic acids is 1. The van der Waals surface area contributed by atoms with Crippen molar-refractivity contribution < 1.29 is 22.8 Å². The molecule has 0 aliphatic rings. The molecule has 0 saturated heterocycles. The number of ether oxygens (including phenoxy) is 1. The molecule has 0 bridgehead atoms. The molecule has 0 aliphatic carbocycles. The summed E-state index contributed by atoms with van der Waals surface area (Å²) in [5.41, 5.74) is 0. The molecule has 0 amide bonds. The Hall–Kier alpha value is -0.693. The fraction of sp³-hybridized carbons (Fsp3) is 0.800. The van der Waals surface area contributed by atoms with E-state index in [-0.39, 0.29) is 12.2 Å². The molecule has 0 atom stereocenters. The van der Waals surface area contributed by atoms with Crippen LogP contribution in [0.1, 0.15) is 54.9 Å². The highest BCUT2D eigenvalue weighted by atomic mass is 28.4. The van der Waals surface area contributed by atoms with Gasteiger partial charge in [0.2, 0.25) is 5.79 Å². The SMILES string of the molecule is C=CC(=O)OC(C)(C)O[Si](CCC)(OC(C)C)OC(C)C. The molecule has 0 heterocycles. The summed E-state index contributed by atoms with van der Waals surface area (Å²) >= 11 is 0. The third kappa shape index (κ3) is 8.36. The van der Waals surface area contributed by atoms with Crippen LogP contribution in [0, 0.1) is 0 Å². The lowest BCUT2D eigenvalue weighted by Gasteiger charge is -2.38. The average Bonchev–Trinajstić information content (AvgIpc) is 2.24. The zero-order chi connectivity index (χ0) is 16.7. The minimum atomic E-state index is -2.95. The second kappa shape index (κ2) is 8.68. The van der Waals surface area contributed by atoms with E-state index in [1.54, 1.807) is 13.8 Å². The first-order valence-corrected chi connectivity index (χ1v) is 9.40. The van der Waals surface area contributed by atoms with E-state index in [0.717, 1.165) is 12.5 Å². The van der Waals surface area contributed by atoms with Crippen molar-refractivity contribution in [2.75, 3.05) is 0 Å². The van der Waals surface area contributed by atoms with Gasteiger partial charge in [0, 0.05) is 38.2 Å². The van der Waals surface area contributed by atoms with E-state index < -0.39 is 20.6 Å². The van der Waals surface area contributed by atoms with Crippen LogP contribution in [0.5, 0.6) is 0 Å². The summed E-state index contributed by atoms with van der Waals surface area (Å²) in [5, 5.41) is 0. The van der Waals surface area contributed by atoms with Gasteiger partial charge in [-0.05, 0) is 27.7 Å². The van der Waals surface area contributed by atoms with Crippen molar-refractivity contribution in [3.05, 3.63) is 12.7 Å². The second-order valence-electron chi connectivity index (χ2n) is 5.89. The van der Waals surface area contributed by atoms with Gasteiger partial charge < -0.3 is 18.0 Å². The Morgan fingerprint density at radius 3 is 2.00 bits per heavy atom. The highest BCUT2D eigenvalue weighted by molar-refractivity contribution is 6.60. The summed E-state index contributed by atoms with van der Waals surface area (Å²) in [6.07, 6.45) is 1.90. The van der Waals surface area contributed by atoms with Gasteiger partial charge >= 0.3 is 14.8 Å². The van der Waals surface area contributed by atoms with Crippen molar-refractivity contribution in [3.8, 4) is 0 Å². The molecular weight excluding hydrogens is 288 g/mol. The molecule has 0 aliphatic heterocycles. The molecule has 124 valence electrons. The maximum Gasteiger partial charge on any atom is 0.504 e. The second-order valence-corrected chi connectivity index (χ2v) is 8.43. The molecule has 0 aromatic carbocycles. The molecule has 0 radical (unpaired) electrons. The fourth-order valence-electron chi connectivity index (χ4n) is 1.95. The Bertz CT molecular complexity index is 329. The van der Waals surface area contributed by atoms with Gasteiger partial charge in [0.25, 0.3) is 0 Å². The zero-order valence-electron chi connectivity index (χ0n) is 14.4. The van der Waals surface area contributed by atoms with Gasteiger partial charge in [0.05, 0.1) is 0 Å². The van der Waals surface area contributed by atoms with E-state index >= 15 is 0 Å². The van der Waals surface area contributed by atoms with Gasteiger partial charge in [-0.3, -0.25) is 0 Å². The van der Waals surface area contributed by atoms with Crippen molar-refractivity contribution in [2.45, 2.75) is 78.9 Å². The Kier molecular flexibility index (Phi) is 8.39. The van der Waals surface area contributed by atoms with Crippen molar-refractivity contribution in [2.24, 2.45) is 0 Å². The predicted molar refractivity (Wildman–Crippen MR) is 84.7 cm³/mol. The van der Waals surface area contributed by atoms with Crippen molar-refractivity contribution in [1.82, 2.24) is 0 Å². The number of hydrogen-bond donors (Lipinski definition) is 0. The summed E-state index contributed by atoms with van der Waals surface area (Å²) in [5.74, 6) is -1.66. The lowest BCUT2D eigenvalue weighted by atomic mass is 10.4. The number of esters is 1. The minimum absolute atomic E-state index is 0.0344. The van der Waals surface area contributed by atoms with Crippen molar-refractivity contribution >= 4 is 14.8 Å². The molecule has 0 rings (SSSR count). The molecular formula is C15H30O5Si. The third-order valence-corrected chi connectivity index (χ3v) is 5.88. The van der Waals surface area contributed by atoms with E-state index in [1.807, 2.05) is 34.6 Å². The van der Waals surface area contributed by atoms with E-state index in [4.69, 9.17) is 18.0 Å². The van der Waals surface area contributed by atoms with Crippen LogP contribution in [0.25, 0.3) is 0 Å². The summed E-state index contributed by atoms with van der Waals surface area (Å²) < 4.78 is 23.3. The molecule has 5 nitrogen and oxygen atoms in total. The van der Waals surface area contributed by atoms with E-state index in [1.165, 1.54) is 0 Å². The van der Waals surface area contributed by atoms with E-state index in [2.05, 4.69) is 6.58 Å². The summed E-state index contributed by atoms with van der Waals surface area (Å²) in [7, 11) is -2.95. The third-order valence-electron chi connectivity index (χ3n) is 2.30. The zero-order valence-corrected chi connectivity index (χ0v) is 15.4. The first-order valence-electron chi connectivity index (χ1n) is 7.47. The van der Waals surface area contributed by atoms with Crippen LogP contribution in [0.3, 0.4) is 0 Å². The van der Waals surface area contributed by atoms with E-state index in [9.17, 15) is 4.79 Å². The van der Waals surface area contributed by atoms with Gasteiger partial charge in [-0.1, -0.05) is 19.9 Å². The molecule has 0 spiro atoms. The highest BCUT2D eigenvalue weighted by Gasteiger charge is 2.47. The maximum absolute atomic E-state index is 11.4. The lowest BCUT2D eigenvalue weighted by Crippen LogP contribution is -2.54. The highest BCUT2D eigenvalue weighted by Crippen LogP contribution is 2.28. The molecule has 0 unspecified atom stereocenters. The smallest absolute Gasteiger partial charge is 0.431 e. The summed E-state index contributed by atoms with van der Waals surface area (Å²) in [4.78, 5) is 11.4. The molecule has 6 heteroatoms. The van der Waals surface area contributed by atoms with Crippen LogP contribution in [0.2, 0.25) is 6.04 Å². The summed E-state index contributed by atoms with van der Waals surface area (Å²) in [6.45, 7) is 16.5. The topological polar surface area (TPSA) is 54.0 Å². The molecule has 0 N–H and O–H groups in total. The Labute approximate surface area is 130 Å².